The molecule has 2 aromatic rings. The van der Waals surface area contributed by atoms with Crippen LogP contribution in [0.3, 0.4) is 0 Å². The third-order valence-corrected chi connectivity index (χ3v) is 4.14. The van der Waals surface area contributed by atoms with E-state index in [0.29, 0.717) is 11.5 Å². The van der Waals surface area contributed by atoms with E-state index in [-0.39, 0.29) is 4.90 Å². The molecule has 7 heteroatoms. The Morgan fingerprint density at radius 3 is 2.47 bits per heavy atom. The number of nitrogens with zero attached hydrogens (tertiary/aromatic N) is 2. The summed E-state index contributed by atoms with van der Waals surface area (Å²) in [4.78, 5) is 8.36. The molecule has 0 unspecified atom stereocenters. The van der Waals surface area contributed by atoms with Gasteiger partial charge in [-0.3, -0.25) is 4.98 Å². The summed E-state index contributed by atoms with van der Waals surface area (Å²) in [6.45, 7) is 1.82. The molecule has 6 nitrogen and oxygen atoms in total. The highest BCUT2D eigenvalue weighted by Gasteiger charge is 2.13. The van der Waals surface area contributed by atoms with Gasteiger partial charge < -0.3 is 5.73 Å². The van der Waals surface area contributed by atoms with Crippen molar-refractivity contribution < 1.29 is 8.42 Å². The number of benzene rings is 1. The van der Waals surface area contributed by atoms with Gasteiger partial charge in [-0.15, -0.1) is 0 Å². The van der Waals surface area contributed by atoms with E-state index in [1.165, 1.54) is 19.3 Å². The molecule has 0 aliphatic rings. The van der Waals surface area contributed by atoms with Crippen LogP contribution in [0.5, 0.6) is 0 Å². The fourth-order valence-corrected chi connectivity index (χ4v) is 2.50. The number of sulfonamides is 1. The molecule has 0 bridgehead atoms. The quantitative estimate of drug-likeness (QED) is 0.870. The van der Waals surface area contributed by atoms with Crippen molar-refractivity contribution in [1.29, 1.82) is 0 Å². The first-order valence-electron chi connectivity index (χ1n) is 5.56. The van der Waals surface area contributed by atoms with Crippen LogP contribution in [-0.4, -0.2) is 25.4 Å². The second-order valence-electron chi connectivity index (χ2n) is 4.01. The minimum Gasteiger partial charge on any atom is -0.382 e. The van der Waals surface area contributed by atoms with Crippen LogP contribution >= 0.6 is 0 Å². The molecule has 0 saturated carbocycles. The minimum absolute atomic E-state index is 0.222. The van der Waals surface area contributed by atoms with Gasteiger partial charge in [0.15, 0.2) is 0 Å². The lowest BCUT2D eigenvalue weighted by Gasteiger charge is -2.08. The molecule has 0 radical (unpaired) electrons. The second-order valence-corrected chi connectivity index (χ2v) is 5.90. The van der Waals surface area contributed by atoms with Gasteiger partial charge in [0.1, 0.15) is 5.82 Å². The number of nitrogens with one attached hydrogen (secondary N) is 1. The van der Waals surface area contributed by atoms with Crippen LogP contribution in [0, 0.1) is 6.92 Å². The average molecular weight is 278 g/mol. The number of rotatable bonds is 3. The largest absolute Gasteiger partial charge is 0.382 e. The lowest BCUT2D eigenvalue weighted by atomic mass is 10.1. The maximum absolute atomic E-state index is 11.7. The fraction of sp³-hybridized carbons (Fsp3) is 0.167. The summed E-state index contributed by atoms with van der Waals surface area (Å²) in [5, 5.41) is 0. The third-order valence-electron chi connectivity index (χ3n) is 2.72. The summed E-state index contributed by atoms with van der Waals surface area (Å²) >= 11 is 0. The third kappa shape index (κ3) is 2.72. The Hall–Kier alpha value is -1.99. The second kappa shape index (κ2) is 4.94. The van der Waals surface area contributed by atoms with Gasteiger partial charge in [-0.05, 0) is 31.7 Å². The Morgan fingerprint density at radius 2 is 1.95 bits per heavy atom. The van der Waals surface area contributed by atoms with Gasteiger partial charge in [-0.1, -0.05) is 6.07 Å². The van der Waals surface area contributed by atoms with Crippen molar-refractivity contribution in [2.75, 3.05) is 12.8 Å². The molecular weight excluding hydrogens is 264 g/mol. The first-order chi connectivity index (χ1) is 8.94. The highest BCUT2D eigenvalue weighted by Crippen LogP contribution is 2.23. The van der Waals surface area contributed by atoms with Crippen molar-refractivity contribution in [2.24, 2.45) is 0 Å². The lowest BCUT2D eigenvalue weighted by molar-refractivity contribution is 0.588. The van der Waals surface area contributed by atoms with Gasteiger partial charge in [-0.25, -0.2) is 18.1 Å². The van der Waals surface area contributed by atoms with E-state index in [0.717, 1.165) is 11.1 Å². The van der Waals surface area contributed by atoms with Gasteiger partial charge in [0.2, 0.25) is 10.0 Å². The molecule has 0 fully saturated rings. The molecule has 0 aliphatic heterocycles. The van der Waals surface area contributed by atoms with Crippen molar-refractivity contribution >= 4 is 15.8 Å². The summed E-state index contributed by atoms with van der Waals surface area (Å²) in [6.07, 6.45) is 3.02. The molecule has 19 heavy (non-hydrogen) atoms. The van der Waals surface area contributed by atoms with Crippen molar-refractivity contribution in [1.82, 2.24) is 14.7 Å². The van der Waals surface area contributed by atoms with Gasteiger partial charge in [0, 0.05) is 5.56 Å². The summed E-state index contributed by atoms with van der Waals surface area (Å²) in [6, 6.07) is 4.84. The molecule has 1 aromatic heterocycles. The molecular formula is C12H14N4O2S. The number of hydrogen-bond donors (Lipinski definition) is 2. The number of hydrogen-bond acceptors (Lipinski definition) is 5. The van der Waals surface area contributed by atoms with E-state index in [1.807, 2.05) is 6.92 Å². The molecule has 1 heterocycles. The molecule has 0 aliphatic carbocycles. The fourth-order valence-electron chi connectivity index (χ4n) is 1.69. The lowest BCUT2D eigenvalue weighted by Crippen LogP contribution is -2.18. The van der Waals surface area contributed by atoms with E-state index in [2.05, 4.69) is 14.7 Å². The zero-order chi connectivity index (χ0) is 14.0. The number of nitrogens with two attached hydrogens (primary N) is 1. The Labute approximate surface area is 111 Å². The van der Waals surface area contributed by atoms with Crippen molar-refractivity contribution in [3.63, 3.8) is 0 Å². The SMILES string of the molecule is CNS(=O)(=O)c1ccc(-c2cnc(N)cn2)c(C)c1. The zero-order valence-electron chi connectivity index (χ0n) is 10.6. The average Bonchev–Trinajstić information content (AvgIpc) is 2.40. The Balaban J connectivity index is 2.48. The normalized spacial score (nSPS) is 11.5. The standard InChI is InChI=1S/C12H14N4O2S/c1-8-5-9(19(17,18)14-2)3-4-10(8)11-6-16-12(13)7-15-11/h3-7,14H,1-2H3,(H2,13,16). The number of aromatic nitrogens is 2. The van der Waals surface area contributed by atoms with Crippen LogP contribution in [0.15, 0.2) is 35.5 Å². The molecule has 0 atom stereocenters. The van der Waals surface area contributed by atoms with E-state index in [1.54, 1.807) is 18.3 Å². The van der Waals surface area contributed by atoms with E-state index in [9.17, 15) is 8.42 Å². The molecule has 0 spiro atoms. The predicted octanol–water partition coefficient (Wildman–Crippen LogP) is 0.942. The van der Waals surface area contributed by atoms with Crippen molar-refractivity contribution in [3.8, 4) is 11.3 Å². The minimum atomic E-state index is -3.43. The molecule has 1 aromatic carbocycles. The summed E-state index contributed by atoms with van der Waals surface area (Å²) < 4.78 is 25.7. The van der Waals surface area contributed by atoms with Gasteiger partial charge in [0.05, 0.1) is 23.0 Å². The molecule has 0 saturated heterocycles. The van der Waals surface area contributed by atoms with E-state index in [4.69, 9.17) is 5.73 Å². The number of aryl methyl sites for hydroxylation is 1. The highest BCUT2D eigenvalue weighted by atomic mass is 32.2. The van der Waals surface area contributed by atoms with Gasteiger partial charge in [0.25, 0.3) is 0 Å². The molecule has 0 amide bonds. The highest BCUT2D eigenvalue weighted by molar-refractivity contribution is 7.89. The van der Waals surface area contributed by atoms with Crippen LogP contribution < -0.4 is 10.5 Å². The van der Waals surface area contributed by atoms with Crippen molar-refractivity contribution in [3.05, 3.63) is 36.2 Å². The Morgan fingerprint density at radius 1 is 1.21 bits per heavy atom. The first kappa shape index (κ1) is 13.4. The smallest absolute Gasteiger partial charge is 0.240 e. The first-order valence-corrected chi connectivity index (χ1v) is 7.04. The predicted molar refractivity (Wildman–Crippen MR) is 72.9 cm³/mol. The topological polar surface area (TPSA) is 98.0 Å². The number of anilines is 1. The van der Waals surface area contributed by atoms with E-state index >= 15 is 0 Å². The maximum atomic E-state index is 11.7. The Kier molecular flexibility index (Phi) is 3.50. The number of nitrogen functional groups attached to an aromatic ring is 1. The summed E-state index contributed by atoms with van der Waals surface area (Å²) in [7, 11) is -2.05. The van der Waals surface area contributed by atoms with Gasteiger partial charge >= 0.3 is 0 Å². The van der Waals surface area contributed by atoms with Crippen molar-refractivity contribution in [2.45, 2.75) is 11.8 Å². The summed E-state index contributed by atoms with van der Waals surface area (Å²) in [5.74, 6) is 0.343. The zero-order valence-corrected chi connectivity index (χ0v) is 11.4. The van der Waals surface area contributed by atoms with Gasteiger partial charge in [-0.2, -0.15) is 0 Å². The Bertz CT molecular complexity index is 696. The maximum Gasteiger partial charge on any atom is 0.240 e. The monoisotopic (exact) mass is 278 g/mol. The van der Waals surface area contributed by atoms with Crippen LogP contribution in [-0.2, 0) is 10.0 Å². The molecule has 100 valence electrons. The molecule has 3 N–H and O–H groups in total. The van der Waals surface area contributed by atoms with Crippen LogP contribution in [0.25, 0.3) is 11.3 Å². The molecule has 2 rings (SSSR count). The van der Waals surface area contributed by atoms with Crippen LogP contribution in [0.2, 0.25) is 0 Å². The van der Waals surface area contributed by atoms with Crippen LogP contribution in [0.4, 0.5) is 5.82 Å². The summed E-state index contributed by atoms with van der Waals surface area (Å²) in [5.41, 5.74) is 7.76. The van der Waals surface area contributed by atoms with Crippen LogP contribution in [0.1, 0.15) is 5.56 Å². The van der Waals surface area contributed by atoms with E-state index < -0.39 is 10.0 Å².